The number of rotatable bonds is 3. The molecule has 4 atom stereocenters. The summed E-state index contributed by atoms with van der Waals surface area (Å²) in [5, 5.41) is 40.4. The number of nitrogens with zero attached hydrogens (tertiary/aromatic N) is 3. The van der Waals surface area contributed by atoms with Crippen molar-refractivity contribution in [2.24, 2.45) is 5.11 Å². The Morgan fingerprint density at radius 3 is 2.73 bits per heavy atom. The first-order valence-electron chi connectivity index (χ1n) is 4.41. The van der Waals surface area contributed by atoms with E-state index in [0.29, 0.717) is 0 Å². The number of hydrogen-bond donors (Lipinski definition) is 4. The number of azide groups is 1. The second-order valence-corrected chi connectivity index (χ2v) is 3.40. The lowest BCUT2D eigenvalue weighted by atomic mass is 9.95. The van der Waals surface area contributed by atoms with Crippen LogP contribution in [0, 0.1) is 0 Å². The lowest BCUT2D eigenvalue weighted by molar-refractivity contribution is -0.330. The largest absolute Gasteiger partial charge is 0.391 e. The van der Waals surface area contributed by atoms with Gasteiger partial charge >= 0.3 is 0 Å². The summed E-state index contributed by atoms with van der Waals surface area (Å²) in [4.78, 5) is 2.50. The molecule has 0 saturated carbocycles. The summed E-state index contributed by atoms with van der Waals surface area (Å²) in [6, 6.07) is 0. The average molecular weight is 219 g/mol. The van der Waals surface area contributed by atoms with Crippen LogP contribution in [0.15, 0.2) is 5.11 Å². The van der Waals surface area contributed by atoms with Crippen LogP contribution >= 0.6 is 0 Å². The fourth-order valence-electron chi connectivity index (χ4n) is 1.48. The van der Waals surface area contributed by atoms with E-state index in [1.165, 1.54) is 0 Å². The Morgan fingerprint density at radius 1 is 1.53 bits per heavy atom. The highest BCUT2D eigenvalue weighted by Gasteiger charge is 2.47. The zero-order valence-electron chi connectivity index (χ0n) is 7.89. The molecule has 0 unspecified atom stereocenters. The van der Waals surface area contributed by atoms with Crippen molar-refractivity contribution in [3.63, 3.8) is 0 Å². The van der Waals surface area contributed by atoms with Crippen LogP contribution in [0.2, 0.25) is 0 Å². The second kappa shape index (κ2) is 4.75. The van der Waals surface area contributed by atoms with E-state index in [4.69, 9.17) is 15.4 Å². The SMILES string of the molecule is [N-]=[N+]=NC[C@@H]1C[C@H](O)[C@H](O)[C@](O)(CO)O1. The van der Waals surface area contributed by atoms with Gasteiger partial charge in [0, 0.05) is 11.3 Å². The maximum absolute atomic E-state index is 9.57. The van der Waals surface area contributed by atoms with Crippen molar-refractivity contribution in [2.45, 2.75) is 30.5 Å². The molecule has 86 valence electrons. The summed E-state index contributed by atoms with van der Waals surface area (Å²) in [6.45, 7) is -0.930. The molecule has 0 aliphatic carbocycles. The molecule has 0 aromatic rings. The summed E-state index contributed by atoms with van der Waals surface area (Å²) >= 11 is 0. The summed E-state index contributed by atoms with van der Waals surface area (Å²) < 4.78 is 4.94. The van der Waals surface area contributed by atoms with Gasteiger partial charge in [0.05, 0.1) is 25.4 Å². The van der Waals surface area contributed by atoms with Crippen molar-refractivity contribution in [3.05, 3.63) is 10.4 Å². The highest BCUT2D eigenvalue weighted by Crippen LogP contribution is 2.27. The molecule has 8 heteroatoms. The van der Waals surface area contributed by atoms with Gasteiger partial charge < -0.3 is 25.2 Å². The van der Waals surface area contributed by atoms with Crippen LogP contribution in [0.4, 0.5) is 0 Å². The van der Waals surface area contributed by atoms with Gasteiger partial charge in [-0.3, -0.25) is 0 Å². The maximum Gasteiger partial charge on any atom is 0.218 e. The smallest absolute Gasteiger partial charge is 0.218 e. The predicted octanol–water partition coefficient (Wildman–Crippen LogP) is -1.51. The molecule has 0 amide bonds. The molecule has 0 spiro atoms. The minimum absolute atomic E-state index is 0.0303. The van der Waals surface area contributed by atoms with Crippen LogP contribution in [0.1, 0.15) is 6.42 Å². The molecule has 8 nitrogen and oxygen atoms in total. The fraction of sp³-hybridized carbons (Fsp3) is 1.00. The lowest BCUT2D eigenvalue weighted by Gasteiger charge is -2.41. The zero-order chi connectivity index (χ0) is 11.5. The van der Waals surface area contributed by atoms with E-state index in [2.05, 4.69) is 10.0 Å². The van der Waals surface area contributed by atoms with Crippen LogP contribution in [0.5, 0.6) is 0 Å². The minimum Gasteiger partial charge on any atom is -0.391 e. The van der Waals surface area contributed by atoms with Crippen molar-refractivity contribution in [3.8, 4) is 0 Å². The monoisotopic (exact) mass is 219 g/mol. The molecular formula is C7H13N3O5. The molecular weight excluding hydrogens is 206 g/mol. The third kappa shape index (κ3) is 2.57. The topological polar surface area (TPSA) is 139 Å². The van der Waals surface area contributed by atoms with Crippen LogP contribution in [0.3, 0.4) is 0 Å². The van der Waals surface area contributed by atoms with E-state index in [1.807, 2.05) is 0 Å². The van der Waals surface area contributed by atoms with E-state index < -0.39 is 30.7 Å². The van der Waals surface area contributed by atoms with Gasteiger partial charge in [-0.25, -0.2) is 0 Å². The molecule has 1 heterocycles. The number of aliphatic hydroxyl groups excluding tert-OH is 3. The Kier molecular flexibility index (Phi) is 3.86. The first-order valence-corrected chi connectivity index (χ1v) is 4.41. The van der Waals surface area contributed by atoms with E-state index in [9.17, 15) is 15.3 Å². The summed E-state index contributed by atoms with van der Waals surface area (Å²) in [5.74, 6) is -2.20. The predicted molar refractivity (Wildman–Crippen MR) is 47.6 cm³/mol. The van der Waals surface area contributed by atoms with Crippen LogP contribution in [-0.2, 0) is 4.74 Å². The van der Waals surface area contributed by atoms with Gasteiger partial charge in [-0.1, -0.05) is 5.11 Å². The van der Waals surface area contributed by atoms with Gasteiger partial charge in [0.1, 0.15) is 6.10 Å². The highest BCUT2D eigenvalue weighted by atomic mass is 16.7. The standard InChI is InChI=1S/C7H13N3O5/c8-10-9-2-4-1-5(12)6(13)7(14,3-11)15-4/h4-6,11-14H,1-3H2/t4-,5-,6-,7-/m0/s1. The van der Waals surface area contributed by atoms with Crippen molar-refractivity contribution in [1.29, 1.82) is 0 Å². The van der Waals surface area contributed by atoms with Gasteiger partial charge in [-0.15, -0.1) is 0 Å². The van der Waals surface area contributed by atoms with E-state index in [-0.39, 0.29) is 13.0 Å². The van der Waals surface area contributed by atoms with Crippen LogP contribution in [-0.4, -0.2) is 57.7 Å². The molecule has 1 aliphatic rings. The Hall–Kier alpha value is -0.890. The minimum atomic E-state index is -2.20. The summed E-state index contributed by atoms with van der Waals surface area (Å²) in [7, 11) is 0. The highest BCUT2D eigenvalue weighted by molar-refractivity contribution is 4.90. The van der Waals surface area contributed by atoms with Crippen molar-refractivity contribution < 1.29 is 25.2 Å². The van der Waals surface area contributed by atoms with Crippen molar-refractivity contribution in [2.75, 3.05) is 13.2 Å². The van der Waals surface area contributed by atoms with Gasteiger partial charge in [-0.05, 0) is 5.53 Å². The quantitative estimate of drug-likeness (QED) is 0.259. The first kappa shape index (κ1) is 12.2. The van der Waals surface area contributed by atoms with E-state index in [1.54, 1.807) is 0 Å². The van der Waals surface area contributed by atoms with Crippen LogP contribution < -0.4 is 0 Å². The third-order valence-corrected chi connectivity index (χ3v) is 2.28. The Bertz CT molecular complexity index is 269. The number of ether oxygens (including phenoxy) is 1. The Balaban J connectivity index is 2.70. The fourth-order valence-corrected chi connectivity index (χ4v) is 1.48. The molecule has 0 radical (unpaired) electrons. The summed E-state index contributed by atoms with van der Waals surface area (Å²) in [6.07, 6.45) is -3.50. The molecule has 15 heavy (non-hydrogen) atoms. The van der Waals surface area contributed by atoms with Gasteiger partial charge in [0.2, 0.25) is 5.79 Å². The van der Waals surface area contributed by atoms with E-state index in [0.717, 1.165) is 0 Å². The normalized spacial score (nSPS) is 40.9. The molecule has 1 saturated heterocycles. The molecule has 0 aromatic carbocycles. The average Bonchev–Trinajstić information content (AvgIpc) is 2.23. The molecule has 0 aromatic heterocycles. The molecule has 1 aliphatic heterocycles. The maximum atomic E-state index is 9.57. The van der Waals surface area contributed by atoms with E-state index >= 15 is 0 Å². The third-order valence-electron chi connectivity index (χ3n) is 2.28. The number of aliphatic hydroxyl groups is 4. The first-order chi connectivity index (χ1) is 7.03. The molecule has 4 N–H and O–H groups in total. The van der Waals surface area contributed by atoms with Crippen molar-refractivity contribution in [1.82, 2.24) is 0 Å². The Labute approximate surface area is 85.3 Å². The van der Waals surface area contributed by atoms with Gasteiger partial charge in [0.15, 0.2) is 0 Å². The molecule has 1 fully saturated rings. The zero-order valence-corrected chi connectivity index (χ0v) is 7.89. The van der Waals surface area contributed by atoms with Crippen LogP contribution in [0.25, 0.3) is 10.4 Å². The second-order valence-electron chi connectivity index (χ2n) is 3.40. The van der Waals surface area contributed by atoms with Crippen molar-refractivity contribution >= 4 is 0 Å². The summed E-state index contributed by atoms with van der Waals surface area (Å²) in [5.41, 5.74) is 8.08. The Morgan fingerprint density at radius 2 is 2.20 bits per heavy atom. The number of hydrogen-bond acceptors (Lipinski definition) is 6. The molecule has 1 rings (SSSR count). The van der Waals surface area contributed by atoms with Gasteiger partial charge in [0.25, 0.3) is 0 Å². The molecule has 0 bridgehead atoms. The lowest BCUT2D eigenvalue weighted by Crippen LogP contribution is -2.60. The van der Waals surface area contributed by atoms with Gasteiger partial charge in [-0.2, -0.15) is 0 Å².